The Hall–Kier alpha value is -3.45. The molecule has 0 aliphatic rings. The maximum absolute atomic E-state index is 12.9. The number of sulfone groups is 1. The van der Waals surface area contributed by atoms with Crippen LogP contribution in [0.15, 0.2) is 83.8 Å². The van der Waals surface area contributed by atoms with Crippen molar-refractivity contribution in [3.05, 3.63) is 95.6 Å². The summed E-state index contributed by atoms with van der Waals surface area (Å²) in [4.78, 5) is 27.1. The summed E-state index contributed by atoms with van der Waals surface area (Å²) >= 11 is 0. The Morgan fingerprint density at radius 2 is 1.48 bits per heavy atom. The number of anilines is 1. The number of hydrogen-bond donors (Lipinski definition) is 1. The number of amides is 2. The third kappa shape index (κ3) is 5.79. The van der Waals surface area contributed by atoms with E-state index in [1.165, 1.54) is 12.1 Å². The van der Waals surface area contributed by atoms with Crippen LogP contribution < -0.4 is 5.32 Å². The molecule has 3 rings (SSSR count). The normalized spacial score (nSPS) is 11.0. The minimum Gasteiger partial charge on any atom is -0.337 e. The van der Waals surface area contributed by atoms with Gasteiger partial charge in [-0.15, -0.1) is 0 Å². The van der Waals surface area contributed by atoms with Crippen molar-refractivity contribution in [2.45, 2.75) is 18.4 Å². The lowest BCUT2D eigenvalue weighted by molar-refractivity contribution is -0.113. The Bertz CT molecular complexity index is 1170. The molecule has 0 fully saturated rings. The lowest BCUT2D eigenvalue weighted by Gasteiger charge is -2.19. The van der Waals surface area contributed by atoms with Crippen LogP contribution in [0.4, 0.5) is 5.69 Å². The van der Waals surface area contributed by atoms with Crippen LogP contribution in [-0.4, -0.2) is 37.9 Å². The van der Waals surface area contributed by atoms with E-state index < -0.39 is 21.5 Å². The van der Waals surface area contributed by atoms with Crippen molar-refractivity contribution >= 4 is 27.3 Å². The number of aryl methyl sites for hydroxylation is 1. The molecule has 1 N–H and O–H groups in total. The first kappa shape index (κ1) is 22.2. The van der Waals surface area contributed by atoms with Crippen molar-refractivity contribution in [1.29, 1.82) is 0 Å². The zero-order chi connectivity index (χ0) is 22.4. The third-order valence-electron chi connectivity index (χ3n) is 4.74. The summed E-state index contributed by atoms with van der Waals surface area (Å²) in [6.45, 7) is 2.26. The highest BCUT2D eigenvalue weighted by Gasteiger charge is 2.22. The van der Waals surface area contributed by atoms with E-state index in [0.29, 0.717) is 12.1 Å². The van der Waals surface area contributed by atoms with Crippen LogP contribution in [0.2, 0.25) is 0 Å². The molecule has 0 unspecified atom stereocenters. The first-order valence-electron chi connectivity index (χ1n) is 9.74. The Morgan fingerprint density at radius 1 is 0.871 bits per heavy atom. The van der Waals surface area contributed by atoms with Gasteiger partial charge in [-0.3, -0.25) is 9.59 Å². The van der Waals surface area contributed by atoms with E-state index in [9.17, 15) is 18.0 Å². The zero-order valence-corrected chi connectivity index (χ0v) is 18.2. The Balaban J connectivity index is 1.73. The van der Waals surface area contributed by atoms with Gasteiger partial charge in [0.05, 0.1) is 16.1 Å². The average molecular weight is 437 g/mol. The van der Waals surface area contributed by atoms with Gasteiger partial charge in [0.1, 0.15) is 5.75 Å². The van der Waals surface area contributed by atoms with Gasteiger partial charge < -0.3 is 10.2 Å². The lowest BCUT2D eigenvalue weighted by atomic mass is 10.1. The second kappa shape index (κ2) is 9.57. The van der Waals surface area contributed by atoms with Crippen LogP contribution in [0.3, 0.4) is 0 Å². The molecular weight excluding hydrogens is 412 g/mol. The zero-order valence-electron chi connectivity index (χ0n) is 17.4. The molecule has 0 aliphatic carbocycles. The van der Waals surface area contributed by atoms with Crippen molar-refractivity contribution in [2.75, 3.05) is 18.1 Å². The highest BCUT2D eigenvalue weighted by molar-refractivity contribution is 7.92. The predicted octanol–water partition coefficient (Wildman–Crippen LogP) is 3.68. The van der Waals surface area contributed by atoms with Crippen LogP contribution in [0.25, 0.3) is 0 Å². The first-order valence-corrected chi connectivity index (χ1v) is 11.4. The predicted molar refractivity (Wildman–Crippen MR) is 121 cm³/mol. The van der Waals surface area contributed by atoms with Crippen LogP contribution in [-0.2, 0) is 21.2 Å². The largest absolute Gasteiger partial charge is 0.337 e. The van der Waals surface area contributed by atoms with Gasteiger partial charge in [0.15, 0.2) is 9.84 Å². The van der Waals surface area contributed by atoms with Crippen LogP contribution in [0.5, 0.6) is 0 Å². The molecule has 3 aromatic carbocycles. The van der Waals surface area contributed by atoms with Crippen LogP contribution in [0.1, 0.15) is 21.5 Å². The molecule has 0 radical (unpaired) electrons. The summed E-state index contributed by atoms with van der Waals surface area (Å²) in [5.74, 6) is -1.69. The number of nitrogens with zero attached hydrogens (tertiary/aromatic N) is 1. The standard InChI is InChI=1S/C24H24N2O4S/c1-18-12-14-20(15-13-18)31(29,30)17-23(27)25-22-11-7-6-10-21(22)24(28)26(2)16-19-8-4-3-5-9-19/h3-15H,16-17H2,1-2H3,(H,25,27). The molecule has 160 valence electrons. The van der Waals surface area contributed by atoms with Crippen LogP contribution in [0, 0.1) is 6.92 Å². The Morgan fingerprint density at radius 3 is 2.16 bits per heavy atom. The average Bonchev–Trinajstić information content (AvgIpc) is 2.74. The molecule has 0 saturated carbocycles. The molecule has 6 nitrogen and oxygen atoms in total. The number of rotatable bonds is 7. The maximum atomic E-state index is 12.9. The van der Waals surface area contributed by atoms with Gasteiger partial charge in [-0.05, 0) is 36.8 Å². The topological polar surface area (TPSA) is 83.5 Å². The molecule has 0 atom stereocenters. The summed E-state index contributed by atoms with van der Waals surface area (Å²) in [5.41, 5.74) is 2.47. The minimum atomic E-state index is -3.79. The van der Waals surface area contributed by atoms with Crippen molar-refractivity contribution < 1.29 is 18.0 Å². The van der Waals surface area contributed by atoms with Gasteiger partial charge >= 0.3 is 0 Å². The molecule has 31 heavy (non-hydrogen) atoms. The SMILES string of the molecule is Cc1ccc(S(=O)(=O)CC(=O)Nc2ccccc2C(=O)N(C)Cc2ccccc2)cc1. The molecule has 0 aromatic heterocycles. The molecule has 0 saturated heterocycles. The van der Waals surface area contributed by atoms with Crippen molar-refractivity contribution in [3.8, 4) is 0 Å². The third-order valence-corrected chi connectivity index (χ3v) is 6.37. The molecule has 0 bridgehead atoms. The van der Waals surface area contributed by atoms with E-state index >= 15 is 0 Å². The fourth-order valence-corrected chi connectivity index (χ4v) is 4.24. The summed E-state index contributed by atoms with van der Waals surface area (Å²) in [6.07, 6.45) is 0. The number of carbonyl (C=O) groups is 2. The Labute approximate surface area is 182 Å². The summed E-state index contributed by atoms with van der Waals surface area (Å²) in [6, 6.07) is 22.4. The van der Waals surface area contributed by atoms with Gasteiger partial charge in [0.2, 0.25) is 5.91 Å². The molecule has 0 spiro atoms. The summed E-state index contributed by atoms with van der Waals surface area (Å²) < 4.78 is 25.1. The van der Waals surface area contributed by atoms with E-state index in [1.807, 2.05) is 37.3 Å². The molecule has 3 aromatic rings. The maximum Gasteiger partial charge on any atom is 0.256 e. The van der Waals surface area contributed by atoms with Gasteiger partial charge in [0, 0.05) is 13.6 Å². The van der Waals surface area contributed by atoms with E-state index in [0.717, 1.165) is 11.1 Å². The minimum absolute atomic E-state index is 0.0835. The van der Waals surface area contributed by atoms with E-state index in [-0.39, 0.29) is 16.5 Å². The highest BCUT2D eigenvalue weighted by atomic mass is 32.2. The number of carbonyl (C=O) groups excluding carboxylic acids is 2. The number of para-hydroxylation sites is 1. The summed E-state index contributed by atoms with van der Waals surface area (Å²) in [5, 5.41) is 2.58. The fraction of sp³-hybridized carbons (Fsp3) is 0.167. The molecule has 0 aliphatic heterocycles. The molecule has 0 heterocycles. The van der Waals surface area contributed by atoms with Crippen LogP contribution >= 0.6 is 0 Å². The number of benzene rings is 3. The first-order chi connectivity index (χ1) is 14.8. The number of nitrogens with one attached hydrogen (secondary N) is 1. The van der Waals surface area contributed by atoms with Gasteiger partial charge in [-0.1, -0.05) is 60.2 Å². The molecule has 2 amide bonds. The molecular formula is C24H24N2O4S. The quantitative estimate of drug-likeness (QED) is 0.612. The highest BCUT2D eigenvalue weighted by Crippen LogP contribution is 2.19. The van der Waals surface area contributed by atoms with Gasteiger partial charge in [-0.25, -0.2) is 8.42 Å². The van der Waals surface area contributed by atoms with E-state index in [1.54, 1.807) is 48.3 Å². The number of hydrogen-bond acceptors (Lipinski definition) is 4. The van der Waals surface area contributed by atoms with E-state index in [4.69, 9.17) is 0 Å². The second-order valence-corrected chi connectivity index (χ2v) is 9.30. The Kier molecular flexibility index (Phi) is 6.87. The molecule has 7 heteroatoms. The monoisotopic (exact) mass is 436 g/mol. The van der Waals surface area contributed by atoms with Crippen molar-refractivity contribution in [2.24, 2.45) is 0 Å². The van der Waals surface area contributed by atoms with Gasteiger partial charge in [-0.2, -0.15) is 0 Å². The van der Waals surface area contributed by atoms with Crippen molar-refractivity contribution in [3.63, 3.8) is 0 Å². The van der Waals surface area contributed by atoms with Gasteiger partial charge in [0.25, 0.3) is 5.91 Å². The van der Waals surface area contributed by atoms with E-state index in [2.05, 4.69) is 5.32 Å². The smallest absolute Gasteiger partial charge is 0.256 e. The second-order valence-electron chi connectivity index (χ2n) is 7.31. The summed E-state index contributed by atoms with van der Waals surface area (Å²) in [7, 11) is -2.12. The lowest BCUT2D eigenvalue weighted by Crippen LogP contribution is -2.28. The van der Waals surface area contributed by atoms with Crippen molar-refractivity contribution in [1.82, 2.24) is 4.90 Å². The fourth-order valence-electron chi connectivity index (χ4n) is 3.10.